The zero-order valence-electron chi connectivity index (χ0n) is 8.08. The third-order valence-electron chi connectivity index (χ3n) is 2.63. The number of nitrogens with two attached hydrogens (primary N) is 1. The van der Waals surface area contributed by atoms with Gasteiger partial charge in [0.05, 0.1) is 5.60 Å². The molecule has 3 heteroatoms. The predicted octanol–water partition coefficient (Wildman–Crippen LogP) is 0.180. The Labute approximate surface area is 74.5 Å². The molecular formula is C9H20N2O. The molecule has 0 bridgehead atoms. The number of rotatable bonds is 3. The Morgan fingerprint density at radius 3 is 2.75 bits per heavy atom. The minimum absolute atomic E-state index is 0.317. The molecule has 1 aliphatic heterocycles. The van der Waals surface area contributed by atoms with Crippen molar-refractivity contribution in [2.45, 2.75) is 38.3 Å². The van der Waals surface area contributed by atoms with Crippen LogP contribution in [-0.4, -0.2) is 41.3 Å². The number of likely N-dealkylation sites (tertiary alicyclic amines) is 1. The molecule has 0 saturated carbocycles. The lowest BCUT2D eigenvalue weighted by molar-refractivity contribution is 0.0228. The highest BCUT2D eigenvalue weighted by atomic mass is 16.3. The number of hydrogen-bond acceptors (Lipinski definition) is 3. The van der Waals surface area contributed by atoms with Gasteiger partial charge >= 0.3 is 0 Å². The van der Waals surface area contributed by atoms with Gasteiger partial charge in [-0.25, -0.2) is 0 Å². The molecule has 1 fully saturated rings. The van der Waals surface area contributed by atoms with Gasteiger partial charge in [-0.15, -0.1) is 0 Å². The molecule has 0 amide bonds. The summed E-state index contributed by atoms with van der Waals surface area (Å²) in [6.07, 6.45) is 1.87. The molecule has 2 atom stereocenters. The second-order valence-corrected chi connectivity index (χ2v) is 4.13. The summed E-state index contributed by atoms with van der Waals surface area (Å²) >= 11 is 0. The van der Waals surface area contributed by atoms with Gasteiger partial charge in [0, 0.05) is 19.1 Å². The van der Waals surface area contributed by atoms with Crippen LogP contribution in [0.15, 0.2) is 0 Å². The smallest absolute Gasteiger partial charge is 0.0743 e. The van der Waals surface area contributed by atoms with E-state index in [0.29, 0.717) is 6.04 Å². The van der Waals surface area contributed by atoms with Crippen molar-refractivity contribution < 1.29 is 5.11 Å². The van der Waals surface area contributed by atoms with Crippen molar-refractivity contribution in [1.82, 2.24) is 4.90 Å². The van der Waals surface area contributed by atoms with E-state index in [4.69, 9.17) is 5.73 Å². The van der Waals surface area contributed by atoms with Crippen molar-refractivity contribution in [3.8, 4) is 0 Å². The van der Waals surface area contributed by atoms with Gasteiger partial charge in [0.25, 0.3) is 0 Å². The van der Waals surface area contributed by atoms with Crippen LogP contribution in [0.4, 0.5) is 0 Å². The molecule has 1 heterocycles. The van der Waals surface area contributed by atoms with Crippen LogP contribution in [0.5, 0.6) is 0 Å². The topological polar surface area (TPSA) is 49.5 Å². The molecule has 0 aromatic carbocycles. The first-order valence-electron chi connectivity index (χ1n) is 4.74. The summed E-state index contributed by atoms with van der Waals surface area (Å²) in [7, 11) is 0. The van der Waals surface area contributed by atoms with Crippen molar-refractivity contribution in [2.75, 3.05) is 19.6 Å². The number of aliphatic hydroxyl groups is 1. The van der Waals surface area contributed by atoms with E-state index >= 15 is 0 Å². The summed E-state index contributed by atoms with van der Waals surface area (Å²) < 4.78 is 0. The molecule has 3 N–H and O–H groups in total. The SMILES string of the molecule is CCC(C)(O)CN1CC[C@@H](N)C1. The van der Waals surface area contributed by atoms with Crippen LogP contribution in [0.1, 0.15) is 26.7 Å². The van der Waals surface area contributed by atoms with E-state index in [2.05, 4.69) is 4.90 Å². The molecule has 0 aromatic heterocycles. The molecule has 1 saturated heterocycles. The average molecular weight is 172 g/mol. The van der Waals surface area contributed by atoms with Crippen LogP contribution < -0.4 is 5.73 Å². The van der Waals surface area contributed by atoms with E-state index in [1.165, 1.54) is 0 Å². The van der Waals surface area contributed by atoms with E-state index in [1.807, 2.05) is 13.8 Å². The predicted molar refractivity (Wildman–Crippen MR) is 49.9 cm³/mol. The third kappa shape index (κ3) is 2.73. The van der Waals surface area contributed by atoms with E-state index in [9.17, 15) is 5.11 Å². The minimum Gasteiger partial charge on any atom is -0.389 e. The zero-order valence-corrected chi connectivity index (χ0v) is 8.08. The third-order valence-corrected chi connectivity index (χ3v) is 2.63. The highest BCUT2D eigenvalue weighted by Gasteiger charge is 2.26. The fraction of sp³-hybridized carbons (Fsp3) is 1.00. The van der Waals surface area contributed by atoms with Crippen molar-refractivity contribution in [3.63, 3.8) is 0 Å². The average Bonchev–Trinajstić information content (AvgIpc) is 2.35. The van der Waals surface area contributed by atoms with Crippen LogP contribution in [0.3, 0.4) is 0 Å². The number of nitrogens with zero attached hydrogens (tertiary/aromatic N) is 1. The summed E-state index contributed by atoms with van der Waals surface area (Å²) in [4.78, 5) is 2.24. The molecule has 0 aromatic rings. The first kappa shape index (κ1) is 9.96. The second kappa shape index (κ2) is 3.73. The number of β-amino-alcohol motifs (C(OH)–C–C–N with tert-alkyl or cyclic N) is 1. The Bertz CT molecular complexity index is 147. The van der Waals surface area contributed by atoms with E-state index in [0.717, 1.165) is 32.5 Å². The van der Waals surface area contributed by atoms with Crippen LogP contribution in [0.25, 0.3) is 0 Å². The van der Waals surface area contributed by atoms with Gasteiger partial charge in [0.15, 0.2) is 0 Å². The Kier molecular flexibility index (Phi) is 3.09. The molecule has 1 rings (SSSR count). The van der Waals surface area contributed by atoms with Gasteiger partial charge in [0.1, 0.15) is 0 Å². The quantitative estimate of drug-likeness (QED) is 0.638. The lowest BCUT2D eigenvalue weighted by Crippen LogP contribution is -2.40. The first-order chi connectivity index (χ1) is 5.53. The maximum atomic E-state index is 9.79. The normalized spacial score (nSPS) is 30.5. The van der Waals surface area contributed by atoms with Crippen molar-refractivity contribution in [3.05, 3.63) is 0 Å². The molecular weight excluding hydrogens is 152 g/mol. The Morgan fingerprint density at radius 1 is 1.67 bits per heavy atom. The van der Waals surface area contributed by atoms with Crippen molar-refractivity contribution in [1.29, 1.82) is 0 Å². The molecule has 0 spiro atoms. The van der Waals surface area contributed by atoms with Gasteiger partial charge in [-0.1, -0.05) is 6.92 Å². The van der Waals surface area contributed by atoms with Crippen molar-refractivity contribution in [2.24, 2.45) is 5.73 Å². The second-order valence-electron chi connectivity index (χ2n) is 4.13. The fourth-order valence-electron chi connectivity index (χ4n) is 1.60. The lowest BCUT2D eigenvalue weighted by atomic mass is 10.0. The Hall–Kier alpha value is -0.120. The standard InChI is InChI=1S/C9H20N2O/c1-3-9(2,12)7-11-5-4-8(10)6-11/h8,12H,3-7,10H2,1-2H3/t8-,9?/m1/s1. The van der Waals surface area contributed by atoms with Crippen LogP contribution in [-0.2, 0) is 0 Å². The van der Waals surface area contributed by atoms with Gasteiger partial charge in [-0.05, 0) is 26.3 Å². The van der Waals surface area contributed by atoms with Gasteiger partial charge in [0.2, 0.25) is 0 Å². The van der Waals surface area contributed by atoms with E-state index in [-0.39, 0.29) is 0 Å². The van der Waals surface area contributed by atoms with Crippen LogP contribution in [0, 0.1) is 0 Å². The van der Waals surface area contributed by atoms with Crippen LogP contribution in [0.2, 0.25) is 0 Å². The Balaban J connectivity index is 2.32. The monoisotopic (exact) mass is 172 g/mol. The van der Waals surface area contributed by atoms with Gasteiger partial charge < -0.3 is 10.8 Å². The summed E-state index contributed by atoms with van der Waals surface area (Å²) in [6, 6.07) is 0.317. The highest BCUT2D eigenvalue weighted by molar-refractivity contribution is 4.83. The maximum Gasteiger partial charge on any atom is 0.0743 e. The Morgan fingerprint density at radius 2 is 2.33 bits per heavy atom. The van der Waals surface area contributed by atoms with E-state index in [1.54, 1.807) is 0 Å². The molecule has 0 radical (unpaired) electrons. The summed E-state index contributed by atoms with van der Waals surface area (Å²) in [5.74, 6) is 0. The molecule has 1 aliphatic rings. The molecule has 12 heavy (non-hydrogen) atoms. The van der Waals surface area contributed by atoms with Crippen molar-refractivity contribution >= 4 is 0 Å². The molecule has 1 unspecified atom stereocenters. The molecule has 72 valence electrons. The highest BCUT2D eigenvalue weighted by Crippen LogP contribution is 2.15. The van der Waals surface area contributed by atoms with Gasteiger partial charge in [-0.2, -0.15) is 0 Å². The minimum atomic E-state index is -0.538. The summed E-state index contributed by atoms with van der Waals surface area (Å²) in [5, 5.41) is 9.79. The maximum absolute atomic E-state index is 9.79. The largest absolute Gasteiger partial charge is 0.389 e. The number of hydrogen-bond donors (Lipinski definition) is 2. The first-order valence-corrected chi connectivity index (χ1v) is 4.74. The lowest BCUT2D eigenvalue weighted by Gasteiger charge is -2.27. The van der Waals surface area contributed by atoms with E-state index < -0.39 is 5.60 Å². The summed E-state index contributed by atoms with van der Waals surface area (Å²) in [5.41, 5.74) is 5.22. The molecule has 0 aliphatic carbocycles. The fourth-order valence-corrected chi connectivity index (χ4v) is 1.60. The zero-order chi connectivity index (χ0) is 9.19. The molecule has 3 nitrogen and oxygen atoms in total. The summed E-state index contributed by atoms with van der Waals surface area (Å²) in [6.45, 7) is 6.64. The van der Waals surface area contributed by atoms with Gasteiger partial charge in [-0.3, -0.25) is 4.90 Å². The van der Waals surface area contributed by atoms with Crippen LogP contribution >= 0.6 is 0 Å².